The van der Waals surface area contributed by atoms with Crippen LogP contribution < -0.4 is 20.4 Å². The number of aromatic nitrogens is 6. The first kappa shape index (κ1) is 32.8. The highest BCUT2D eigenvalue weighted by atomic mass is 16.5. The number of hydrogen-bond donors (Lipinski definition) is 2. The van der Waals surface area contributed by atoms with Crippen molar-refractivity contribution >= 4 is 39.8 Å². The topological polar surface area (TPSA) is 174 Å². The van der Waals surface area contributed by atoms with Gasteiger partial charge in [-0.1, -0.05) is 32.8 Å². The smallest absolute Gasteiger partial charge is 0.261 e. The number of benzene rings is 1. The number of methoxy groups -OCH3 is 1. The molecule has 1 aliphatic carbocycles. The highest BCUT2D eigenvalue weighted by molar-refractivity contribution is 6.06. The summed E-state index contributed by atoms with van der Waals surface area (Å²) >= 11 is 0. The average molecular weight is 682 g/mol. The zero-order valence-corrected chi connectivity index (χ0v) is 28.1. The Bertz CT molecular complexity index is 2160. The van der Waals surface area contributed by atoms with Crippen molar-refractivity contribution in [3.8, 4) is 17.3 Å². The molecule has 0 bridgehead atoms. The number of phenols is 1. The van der Waals surface area contributed by atoms with Crippen LogP contribution in [0.4, 0.5) is 5.69 Å². The lowest BCUT2D eigenvalue weighted by Gasteiger charge is -2.37. The fourth-order valence-corrected chi connectivity index (χ4v) is 6.75. The summed E-state index contributed by atoms with van der Waals surface area (Å²) in [6, 6.07) is 6.36. The molecular weight excluding hydrogens is 642 g/mol. The van der Waals surface area contributed by atoms with Gasteiger partial charge in [-0.3, -0.25) is 14.4 Å². The van der Waals surface area contributed by atoms with E-state index in [2.05, 4.69) is 27.0 Å². The maximum Gasteiger partial charge on any atom is 0.261 e. The van der Waals surface area contributed by atoms with Gasteiger partial charge in [-0.15, -0.1) is 15.0 Å². The highest BCUT2D eigenvalue weighted by Gasteiger charge is 2.31. The summed E-state index contributed by atoms with van der Waals surface area (Å²) < 4.78 is 12.5. The first-order valence-corrected chi connectivity index (χ1v) is 16.9. The van der Waals surface area contributed by atoms with Gasteiger partial charge >= 0.3 is 0 Å². The van der Waals surface area contributed by atoms with Crippen LogP contribution in [0.15, 0.2) is 58.3 Å². The standard InChI is InChI=1S/C35H39N9O6/c1-4-25-31(41-14-16-42(17-15-41)35(48)29-26(45)11-10-24-33(29)50-20-37-24)32(47)30-34(40-44(39-30)23-12-13-36-28(18-23)49-3)43(25)19-27(46)38-21(2)8-9-22-6-5-7-22/h10-13,18,20,22,45H,2,4-9,14-17,19H2,1,3H3,(H,38,46). The molecule has 1 saturated carbocycles. The Kier molecular flexibility index (Phi) is 8.95. The van der Waals surface area contributed by atoms with Crippen molar-refractivity contribution in [2.45, 2.75) is 52.0 Å². The van der Waals surface area contributed by atoms with Gasteiger partial charge in [0.05, 0.1) is 12.8 Å². The van der Waals surface area contributed by atoms with Crippen LogP contribution in [0.25, 0.3) is 28.0 Å². The van der Waals surface area contributed by atoms with Crippen LogP contribution in [0, 0.1) is 5.92 Å². The van der Waals surface area contributed by atoms with E-state index in [1.807, 2.05) is 11.8 Å². The van der Waals surface area contributed by atoms with Crippen LogP contribution in [-0.2, 0) is 17.8 Å². The number of nitrogens with zero attached hydrogens (tertiary/aromatic N) is 8. The van der Waals surface area contributed by atoms with Crippen LogP contribution in [0.3, 0.4) is 0 Å². The molecule has 1 saturated heterocycles. The van der Waals surface area contributed by atoms with Crippen molar-refractivity contribution in [1.29, 1.82) is 0 Å². The number of fused-ring (bicyclic) bond motifs is 2. The average Bonchev–Trinajstić information content (AvgIpc) is 3.77. The molecule has 2 N–H and O–H groups in total. The van der Waals surface area contributed by atoms with Gasteiger partial charge in [-0.2, -0.15) is 0 Å². The molecule has 50 heavy (non-hydrogen) atoms. The van der Waals surface area contributed by atoms with E-state index in [1.165, 1.54) is 43.6 Å². The minimum Gasteiger partial charge on any atom is -0.507 e. The van der Waals surface area contributed by atoms with E-state index in [1.54, 1.807) is 33.9 Å². The number of rotatable bonds is 11. The number of carbonyl (C=O) groups excluding carboxylic acids is 2. The molecule has 0 radical (unpaired) electrons. The number of oxazole rings is 1. The van der Waals surface area contributed by atoms with Gasteiger partial charge in [0.25, 0.3) is 5.91 Å². The maximum atomic E-state index is 14.3. The van der Waals surface area contributed by atoms with E-state index in [0.717, 1.165) is 6.42 Å². The number of carbonyl (C=O) groups is 2. The van der Waals surface area contributed by atoms with E-state index < -0.39 is 5.91 Å². The minimum absolute atomic E-state index is 0.0520. The number of anilines is 1. The van der Waals surface area contributed by atoms with E-state index >= 15 is 0 Å². The Morgan fingerprint density at radius 1 is 1.12 bits per heavy atom. The second kappa shape index (κ2) is 13.6. The molecule has 4 aromatic heterocycles. The number of amides is 2. The summed E-state index contributed by atoms with van der Waals surface area (Å²) in [5.41, 5.74) is 3.02. The van der Waals surface area contributed by atoms with Gasteiger partial charge in [0.2, 0.25) is 17.2 Å². The second-order valence-corrected chi connectivity index (χ2v) is 12.7. The molecule has 1 aliphatic heterocycles. The molecule has 2 aliphatic rings. The summed E-state index contributed by atoms with van der Waals surface area (Å²) in [7, 11) is 1.51. The third-order valence-electron chi connectivity index (χ3n) is 9.65. The fourth-order valence-electron chi connectivity index (χ4n) is 6.75. The quantitative estimate of drug-likeness (QED) is 0.209. The normalized spacial score (nSPS) is 15.0. The maximum absolute atomic E-state index is 14.3. The number of pyridine rings is 2. The van der Waals surface area contributed by atoms with Crippen molar-refractivity contribution < 1.29 is 23.8 Å². The van der Waals surface area contributed by atoms with Gasteiger partial charge in [0.1, 0.15) is 29.1 Å². The number of nitrogens with one attached hydrogen (secondary N) is 1. The Balaban J connectivity index is 1.21. The lowest BCUT2D eigenvalue weighted by atomic mass is 9.82. The third kappa shape index (κ3) is 6.14. The molecule has 5 aromatic rings. The number of hydrogen-bond acceptors (Lipinski definition) is 11. The zero-order chi connectivity index (χ0) is 34.9. The first-order chi connectivity index (χ1) is 24.2. The molecule has 0 atom stereocenters. The number of phenolic OH excluding ortho intramolecular Hbond substituents is 1. The molecular formula is C35H39N9O6. The molecule has 7 rings (SSSR count). The molecule has 15 heteroatoms. The van der Waals surface area contributed by atoms with E-state index in [-0.39, 0.29) is 59.0 Å². The number of aromatic hydroxyl groups is 1. The van der Waals surface area contributed by atoms with Crippen LogP contribution >= 0.6 is 0 Å². The summed E-state index contributed by atoms with van der Waals surface area (Å²) in [4.78, 5) is 54.6. The minimum atomic E-state index is -0.391. The molecule has 0 unspecified atom stereocenters. The number of piperazine rings is 1. The van der Waals surface area contributed by atoms with Crippen molar-refractivity contribution in [1.82, 2.24) is 39.7 Å². The zero-order valence-electron chi connectivity index (χ0n) is 28.1. The Hall–Kier alpha value is -5.73. The monoisotopic (exact) mass is 681 g/mol. The predicted octanol–water partition coefficient (Wildman–Crippen LogP) is 3.57. The Morgan fingerprint density at radius 2 is 1.92 bits per heavy atom. The molecule has 5 heterocycles. The second-order valence-electron chi connectivity index (χ2n) is 12.7. The number of allylic oxidation sites excluding steroid dienone is 1. The van der Waals surface area contributed by atoms with Crippen molar-refractivity contribution in [2.24, 2.45) is 5.92 Å². The van der Waals surface area contributed by atoms with Crippen LogP contribution in [-0.4, -0.2) is 84.6 Å². The lowest BCUT2D eigenvalue weighted by molar-refractivity contribution is -0.121. The Morgan fingerprint density at radius 3 is 2.64 bits per heavy atom. The summed E-state index contributed by atoms with van der Waals surface area (Å²) in [6.45, 7) is 7.11. The van der Waals surface area contributed by atoms with E-state index in [9.17, 15) is 19.5 Å². The summed E-state index contributed by atoms with van der Waals surface area (Å²) in [5, 5.41) is 22.8. The van der Waals surface area contributed by atoms with Gasteiger partial charge in [-0.05, 0) is 43.4 Å². The molecule has 260 valence electrons. The molecule has 15 nitrogen and oxygen atoms in total. The summed E-state index contributed by atoms with van der Waals surface area (Å²) in [6.07, 6.45) is 8.64. The lowest BCUT2D eigenvalue weighted by Crippen LogP contribution is -2.50. The van der Waals surface area contributed by atoms with Crippen LogP contribution in [0.5, 0.6) is 11.6 Å². The van der Waals surface area contributed by atoms with Gasteiger partial charge < -0.3 is 33.9 Å². The van der Waals surface area contributed by atoms with Gasteiger partial charge in [0.15, 0.2) is 23.1 Å². The third-order valence-corrected chi connectivity index (χ3v) is 9.65. The van der Waals surface area contributed by atoms with Crippen molar-refractivity contribution in [2.75, 3.05) is 38.2 Å². The van der Waals surface area contributed by atoms with E-state index in [4.69, 9.17) is 14.3 Å². The number of ether oxygens (including phenoxy) is 1. The first-order valence-electron chi connectivity index (χ1n) is 16.9. The SMILES string of the molecule is C=C(CCC1CCC1)NC(=O)Cn1c(CC)c(N2CCN(C(=O)c3c(O)ccc4ncoc34)CC2)c(=O)c2nn(-c3ccnc(OC)c3)nc21. The summed E-state index contributed by atoms with van der Waals surface area (Å²) in [5.74, 6) is 0.191. The van der Waals surface area contributed by atoms with E-state index in [0.29, 0.717) is 66.0 Å². The molecule has 2 amide bonds. The predicted molar refractivity (Wildman–Crippen MR) is 184 cm³/mol. The largest absolute Gasteiger partial charge is 0.507 e. The van der Waals surface area contributed by atoms with Crippen molar-refractivity contribution in [3.05, 3.63) is 70.6 Å². The molecule has 0 spiro atoms. The Labute approximate surface area is 287 Å². The van der Waals surface area contributed by atoms with Crippen LogP contribution in [0.1, 0.15) is 55.1 Å². The van der Waals surface area contributed by atoms with Gasteiger partial charge in [-0.25, -0.2) is 9.97 Å². The molecule has 2 fully saturated rings. The van der Waals surface area contributed by atoms with Gasteiger partial charge in [0, 0.05) is 49.8 Å². The van der Waals surface area contributed by atoms with Crippen LogP contribution in [0.2, 0.25) is 0 Å². The highest BCUT2D eigenvalue weighted by Crippen LogP contribution is 2.32. The molecule has 1 aromatic carbocycles. The fraction of sp³-hybridized carbons (Fsp3) is 0.400. The van der Waals surface area contributed by atoms with Crippen molar-refractivity contribution in [3.63, 3.8) is 0 Å².